The van der Waals surface area contributed by atoms with Crippen LogP contribution < -0.4 is 5.73 Å². The summed E-state index contributed by atoms with van der Waals surface area (Å²) in [4.78, 5) is 7.03. The molecule has 0 aromatic carbocycles. The zero-order valence-corrected chi connectivity index (χ0v) is 11.4. The highest BCUT2D eigenvalue weighted by molar-refractivity contribution is 7.80. The van der Waals surface area contributed by atoms with Crippen molar-refractivity contribution < 1.29 is 4.74 Å². The minimum Gasteiger partial charge on any atom is -0.388 e. The van der Waals surface area contributed by atoms with Crippen LogP contribution in [0.1, 0.15) is 24.1 Å². The summed E-state index contributed by atoms with van der Waals surface area (Å²) in [7, 11) is 1.78. The molecule has 0 spiro atoms. The number of ether oxygens (including phenoxy) is 1. The Kier molecular flexibility index (Phi) is 4.63. The number of pyridine rings is 1. The molecule has 1 fully saturated rings. The molecule has 98 valence electrons. The fraction of sp³-hybridized carbons (Fsp3) is 0.538. The molecule has 1 saturated heterocycles. The van der Waals surface area contributed by atoms with Crippen molar-refractivity contribution in [3.63, 3.8) is 0 Å². The molecule has 2 rings (SSSR count). The van der Waals surface area contributed by atoms with Gasteiger partial charge in [0.1, 0.15) is 10.7 Å². The summed E-state index contributed by atoms with van der Waals surface area (Å²) in [6.45, 7) is 2.95. The number of rotatable bonds is 4. The largest absolute Gasteiger partial charge is 0.388 e. The third-order valence-corrected chi connectivity index (χ3v) is 3.58. The maximum atomic E-state index is 5.69. The third kappa shape index (κ3) is 3.25. The van der Waals surface area contributed by atoms with E-state index < -0.39 is 0 Å². The van der Waals surface area contributed by atoms with Gasteiger partial charge in [-0.25, -0.2) is 0 Å². The normalized spacial score (nSPS) is 17.8. The van der Waals surface area contributed by atoms with Gasteiger partial charge in [0.2, 0.25) is 0 Å². The van der Waals surface area contributed by atoms with Gasteiger partial charge in [-0.1, -0.05) is 18.3 Å². The van der Waals surface area contributed by atoms with E-state index in [0.29, 0.717) is 11.1 Å². The number of hydrogen-bond acceptors (Lipinski definition) is 4. The van der Waals surface area contributed by atoms with Gasteiger partial charge in [0.05, 0.1) is 6.10 Å². The van der Waals surface area contributed by atoms with Crippen LogP contribution in [0.15, 0.2) is 18.3 Å². The summed E-state index contributed by atoms with van der Waals surface area (Å²) in [5.74, 6) is 0. The van der Waals surface area contributed by atoms with Crippen molar-refractivity contribution in [2.75, 3.05) is 20.2 Å². The van der Waals surface area contributed by atoms with Gasteiger partial charge in [-0.2, -0.15) is 0 Å². The number of likely N-dealkylation sites (tertiary alicyclic amines) is 1. The fourth-order valence-electron chi connectivity index (χ4n) is 2.33. The van der Waals surface area contributed by atoms with Crippen molar-refractivity contribution in [1.82, 2.24) is 9.88 Å². The van der Waals surface area contributed by atoms with Crippen LogP contribution in [0.4, 0.5) is 0 Å². The van der Waals surface area contributed by atoms with Crippen LogP contribution in [0, 0.1) is 0 Å². The highest BCUT2D eigenvalue weighted by Gasteiger charge is 2.19. The summed E-state index contributed by atoms with van der Waals surface area (Å²) in [6.07, 6.45) is 4.30. The predicted molar refractivity (Wildman–Crippen MR) is 75.4 cm³/mol. The van der Waals surface area contributed by atoms with Gasteiger partial charge in [-0.3, -0.25) is 9.88 Å². The molecule has 2 heterocycles. The Labute approximate surface area is 113 Å². The lowest BCUT2D eigenvalue weighted by Crippen LogP contribution is -2.36. The van der Waals surface area contributed by atoms with E-state index in [0.717, 1.165) is 43.7 Å². The van der Waals surface area contributed by atoms with Crippen molar-refractivity contribution in [1.29, 1.82) is 0 Å². The van der Waals surface area contributed by atoms with E-state index in [-0.39, 0.29) is 0 Å². The molecule has 0 amide bonds. The first-order valence-corrected chi connectivity index (χ1v) is 6.60. The van der Waals surface area contributed by atoms with Crippen LogP contribution in [0.2, 0.25) is 0 Å². The second kappa shape index (κ2) is 6.22. The molecule has 0 unspecified atom stereocenters. The van der Waals surface area contributed by atoms with E-state index in [1.54, 1.807) is 13.3 Å². The van der Waals surface area contributed by atoms with Crippen molar-refractivity contribution >= 4 is 17.2 Å². The summed E-state index contributed by atoms with van der Waals surface area (Å²) in [5.41, 5.74) is 7.56. The fourth-order valence-corrected chi connectivity index (χ4v) is 2.52. The molecule has 0 radical (unpaired) electrons. The van der Waals surface area contributed by atoms with Crippen LogP contribution >= 0.6 is 12.2 Å². The number of thiocarbonyl (C=S) groups is 1. The molecule has 0 atom stereocenters. The molecule has 4 nitrogen and oxygen atoms in total. The number of nitrogens with zero attached hydrogens (tertiary/aromatic N) is 2. The molecule has 1 aromatic heterocycles. The first kappa shape index (κ1) is 13.4. The zero-order valence-electron chi connectivity index (χ0n) is 10.6. The van der Waals surface area contributed by atoms with Crippen molar-refractivity contribution in [2.24, 2.45) is 5.73 Å². The van der Waals surface area contributed by atoms with Gasteiger partial charge in [0.15, 0.2) is 0 Å². The lowest BCUT2D eigenvalue weighted by Gasteiger charge is -2.31. The van der Waals surface area contributed by atoms with Crippen molar-refractivity contribution in [3.05, 3.63) is 29.6 Å². The zero-order chi connectivity index (χ0) is 13.0. The molecule has 2 N–H and O–H groups in total. The molecule has 0 saturated carbocycles. The average molecular weight is 265 g/mol. The van der Waals surface area contributed by atoms with Gasteiger partial charge in [0.25, 0.3) is 0 Å². The first-order valence-electron chi connectivity index (χ1n) is 6.19. The number of piperidine rings is 1. The van der Waals surface area contributed by atoms with Gasteiger partial charge >= 0.3 is 0 Å². The van der Waals surface area contributed by atoms with E-state index in [1.807, 2.05) is 12.1 Å². The van der Waals surface area contributed by atoms with Crippen LogP contribution in [0.5, 0.6) is 0 Å². The van der Waals surface area contributed by atoms with Crippen LogP contribution in [0.25, 0.3) is 0 Å². The van der Waals surface area contributed by atoms with E-state index in [1.165, 1.54) is 0 Å². The Balaban J connectivity index is 2.00. The minimum absolute atomic E-state index is 0.373. The van der Waals surface area contributed by atoms with Gasteiger partial charge in [0, 0.05) is 32.9 Å². The Morgan fingerprint density at radius 2 is 2.28 bits per heavy atom. The summed E-state index contributed by atoms with van der Waals surface area (Å²) >= 11 is 5.03. The first-order chi connectivity index (χ1) is 8.70. The monoisotopic (exact) mass is 265 g/mol. The van der Waals surface area contributed by atoms with E-state index >= 15 is 0 Å². The van der Waals surface area contributed by atoms with E-state index in [9.17, 15) is 0 Å². The molecule has 1 aromatic rings. The van der Waals surface area contributed by atoms with Gasteiger partial charge in [-0.15, -0.1) is 0 Å². The smallest absolute Gasteiger partial charge is 0.123 e. The highest BCUT2D eigenvalue weighted by Crippen LogP contribution is 2.16. The minimum atomic E-state index is 0.373. The summed E-state index contributed by atoms with van der Waals surface area (Å²) in [6, 6.07) is 3.98. The molecule has 5 heteroatoms. The second-order valence-corrected chi connectivity index (χ2v) is 5.03. The number of nitrogens with two attached hydrogens (primary N) is 1. The SMILES string of the molecule is COC1CCN(Cc2cccnc2C(N)=S)CC1. The van der Waals surface area contributed by atoms with Crippen LogP contribution in [-0.4, -0.2) is 41.2 Å². The molecule has 0 aliphatic carbocycles. The highest BCUT2D eigenvalue weighted by atomic mass is 32.1. The number of methoxy groups -OCH3 is 1. The third-order valence-electron chi connectivity index (χ3n) is 3.39. The molecule has 1 aliphatic rings. The quantitative estimate of drug-likeness (QED) is 0.832. The Morgan fingerprint density at radius 3 is 2.89 bits per heavy atom. The average Bonchev–Trinajstić information content (AvgIpc) is 2.40. The van der Waals surface area contributed by atoms with E-state index in [2.05, 4.69) is 9.88 Å². The summed E-state index contributed by atoms with van der Waals surface area (Å²) in [5, 5.41) is 0. The van der Waals surface area contributed by atoms with Crippen LogP contribution in [-0.2, 0) is 11.3 Å². The Hall–Kier alpha value is -1.04. The number of hydrogen-bond donors (Lipinski definition) is 1. The predicted octanol–water partition coefficient (Wildman–Crippen LogP) is 1.33. The molecule has 0 bridgehead atoms. The van der Waals surface area contributed by atoms with Crippen LogP contribution in [0.3, 0.4) is 0 Å². The standard InChI is InChI=1S/C13H19N3OS/c1-17-11-4-7-16(8-5-11)9-10-3-2-6-15-12(10)13(14)18/h2-3,6,11H,4-5,7-9H2,1H3,(H2,14,18). The Bertz CT molecular complexity index is 416. The second-order valence-electron chi connectivity index (χ2n) is 4.59. The van der Waals surface area contributed by atoms with E-state index in [4.69, 9.17) is 22.7 Å². The molecule has 18 heavy (non-hydrogen) atoms. The van der Waals surface area contributed by atoms with Crippen molar-refractivity contribution in [2.45, 2.75) is 25.5 Å². The lowest BCUT2D eigenvalue weighted by atomic mass is 10.1. The Morgan fingerprint density at radius 1 is 1.56 bits per heavy atom. The molecule has 1 aliphatic heterocycles. The topological polar surface area (TPSA) is 51.4 Å². The maximum Gasteiger partial charge on any atom is 0.123 e. The molecular formula is C13H19N3OS. The summed E-state index contributed by atoms with van der Waals surface area (Å²) < 4.78 is 5.37. The van der Waals surface area contributed by atoms with Gasteiger partial charge < -0.3 is 10.5 Å². The number of aromatic nitrogens is 1. The maximum absolute atomic E-state index is 5.69. The molecular weight excluding hydrogens is 246 g/mol. The van der Waals surface area contributed by atoms with Gasteiger partial charge in [-0.05, 0) is 24.5 Å². The van der Waals surface area contributed by atoms with Crippen molar-refractivity contribution in [3.8, 4) is 0 Å². The lowest BCUT2D eigenvalue weighted by molar-refractivity contribution is 0.0388.